The normalized spacial score (nSPS) is 11.5. The third kappa shape index (κ3) is 4.42. The van der Waals surface area contributed by atoms with E-state index in [2.05, 4.69) is 5.32 Å². The van der Waals surface area contributed by atoms with Gasteiger partial charge in [-0.05, 0) is 68.7 Å². The smallest absolute Gasteiger partial charge is 0.248 e. The van der Waals surface area contributed by atoms with Gasteiger partial charge in [-0.15, -0.1) is 0 Å². The van der Waals surface area contributed by atoms with Gasteiger partial charge in [-0.2, -0.15) is 0 Å². The van der Waals surface area contributed by atoms with Crippen LogP contribution >= 0.6 is 0 Å². The molecule has 0 unspecified atom stereocenters. The third-order valence-corrected chi connectivity index (χ3v) is 6.06. The zero-order chi connectivity index (χ0) is 24.4. The number of furan rings is 1. The Morgan fingerprint density at radius 3 is 2.35 bits per heavy atom. The lowest BCUT2D eigenvalue weighted by Gasteiger charge is -2.14. The average Bonchev–Trinajstić information content (AvgIpc) is 3.25. The molecule has 0 aliphatic heterocycles. The molecule has 0 aliphatic rings. The molecule has 5 heteroatoms. The number of allylic oxidation sites excluding steroid dienone is 1. The van der Waals surface area contributed by atoms with E-state index in [0.29, 0.717) is 5.75 Å². The molecule has 4 rings (SSSR count). The van der Waals surface area contributed by atoms with Crippen molar-refractivity contribution in [1.29, 1.82) is 0 Å². The second-order valence-electron chi connectivity index (χ2n) is 8.47. The van der Waals surface area contributed by atoms with Crippen LogP contribution in [0.1, 0.15) is 29.2 Å². The molecule has 1 amide bonds. The van der Waals surface area contributed by atoms with E-state index in [1.807, 2.05) is 76.2 Å². The Balaban J connectivity index is 1.74. The predicted molar refractivity (Wildman–Crippen MR) is 138 cm³/mol. The summed E-state index contributed by atoms with van der Waals surface area (Å²) in [6.07, 6.45) is 3.37. The van der Waals surface area contributed by atoms with Crippen LogP contribution in [-0.2, 0) is 4.79 Å². The van der Waals surface area contributed by atoms with Crippen LogP contribution in [-0.4, -0.2) is 20.1 Å². The summed E-state index contributed by atoms with van der Waals surface area (Å²) in [6, 6.07) is 15.8. The average molecular weight is 456 g/mol. The van der Waals surface area contributed by atoms with Gasteiger partial charge in [0.05, 0.1) is 20.5 Å². The Morgan fingerprint density at radius 1 is 0.971 bits per heavy atom. The van der Waals surface area contributed by atoms with E-state index in [0.717, 1.165) is 61.4 Å². The van der Waals surface area contributed by atoms with Gasteiger partial charge in [0.1, 0.15) is 17.1 Å². The fourth-order valence-electron chi connectivity index (χ4n) is 4.26. The number of aryl methyl sites for hydroxylation is 3. The zero-order valence-electron chi connectivity index (χ0n) is 20.4. The van der Waals surface area contributed by atoms with Crippen molar-refractivity contribution in [2.45, 2.75) is 27.7 Å². The number of ether oxygens (including phenoxy) is 2. The first-order valence-corrected chi connectivity index (χ1v) is 11.1. The number of rotatable bonds is 6. The topological polar surface area (TPSA) is 60.7 Å². The summed E-state index contributed by atoms with van der Waals surface area (Å²) < 4.78 is 17.0. The van der Waals surface area contributed by atoms with Gasteiger partial charge in [0.25, 0.3) is 0 Å². The lowest BCUT2D eigenvalue weighted by molar-refractivity contribution is -0.111. The largest absolute Gasteiger partial charge is 0.497 e. The SMILES string of the molecule is COc1ccc(-c2coc3c(C)c(OC)c(/C(C)=C/C(=O)Nc4ccc(C)cc4C)cc23)cc1. The Kier molecular flexibility index (Phi) is 6.46. The number of benzene rings is 3. The van der Waals surface area contributed by atoms with Crippen molar-refractivity contribution in [3.8, 4) is 22.6 Å². The molecule has 1 heterocycles. The number of carbonyl (C=O) groups is 1. The molecule has 1 N–H and O–H groups in total. The van der Waals surface area contributed by atoms with E-state index < -0.39 is 0 Å². The molecule has 174 valence electrons. The van der Waals surface area contributed by atoms with Crippen LogP contribution in [0.4, 0.5) is 5.69 Å². The van der Waals surface area contributed by atoms with Crippen molar-refractivity contribution >= 4 is 28.1 Å². The number of hydrogen-bond acceptors (Lipinski definition) is 4. The molecular formula is C29H29NO4. The monoisotopic (exact) mass is 455 g/mol. The molecular weight excluding hydrogens is 426 g/mol. The zero-order valence-corrected chi connectivity index (χ0v) is 20.4. The first-order valence-electron chi connectivity index (χ1n) is 11.1. The summed E-state index contributed by atoms with van der Waals surface area (Å²) in [4.78, 5) is 12.8. The lowest BCUT2D eigenvalue weighted by atomic mass is 9.96. The minimum Gasteiger partial charge on any atom is -0.497 e. The first kappa shape index (κ1) is 23.2. The summed E-state index contributed by atoms with van der Waals surface area (Å²) in [6.45, 7) is 7.90. The second kappa shape index (κ2) is 9.48. The number of hydrogen-bond donors (Lipinski definition) is 1. The van der Waals surface area contributed by atoms with E-state index in [1.165, 1.54) is 0 Å². The first-order chi connectivity index (χ1) is 16.3. The van der Waals surface area contributed by atoms with Gasteiger partial charge in [0.15, 0.2) is 0 Å². The van der Waals surface area contributed by atoms with Gasteiger partial charge in [0, 0.05) is 33.8 Å². The fourth-order valence-corrected chi connectivity index (χ4v) is 4.26. The van der Waals surface area contributed by atoms with E-state index >= 15 is 0 Å². The van der Waals surface area contributed by atoms with Gasteiger partial charge < -0.3 is 19.2 Å². The summed E-state index contributed by atoms with van der Waals surface area (Å²) in [5, 5.41) is 3.94. The van der Waals surface area contributed by atoms with Gasteiger partial charge in [-0.1, -0.05) is 29.8 Å². The van der Waals surface area contributed by atoms with Gasteiger partial charge >= 0.3 is 0 Å². The number of methoxy groups -OCH3 is 2. The molecule has 0 radical (unpaired) electrons. The van der Waals surface area contributed by atoms with Crippen LogP contribution in [0, 0.1) is 20.8 Å². The van der Waals surface area contributed by atoms with E-state index in [-0.39, 0.29) is 5.91 Å². The quantitative estimate of drug-likeness (QED) is 0.316. The minimum absolute atomic E-state index is 0.188. The van der Waals surface area contributed by atoms with E-state index in [1.54, 1.807) is 26.6 Å². The maximum Gasteiger partial charge on any atom is 0.248 e. The predicted octanol–water partition coefficient (Wildman–Crippen LogP) is 7.08. The molecule has 0 atom stereocenters. The molecule has 34 heavy (non-hydrogen) atoms. The molecule has 0 fully saturated rings. The molecule has 0 saturated heterocycles. The Hall–Kier alpha value is -3.99. The molecule has 3 aromatic carbocycles. The fraction of sp³-hybridized carbons (Fsp3) is 0.207. The highest BCUT2D eigenvalue weighted by molar-refractivity contribution is 6.06. The second-order valence-corrected chi connectivity index (χ2v) is 8.47. The van der Waals surface area contributed by atoms with Crippen LogP contribution in [0.2, 0.25) is 0 Å². The molecule has 0 aliphatic carbocycles. The molecule has 0 bridgehead atoms. The van der Waals surface area contributed by atoms with Crippen molar-refractivity contribution in [3.05, 3.63) is 83.1 Å². The molecule has 0 spiro atoms. The Morgan fingerprint density at radius 2 is 1.71 bits per heavy atom. The Labute approximate surface area is 200 Å². The molecule has 5 nitrogen and oxygen atoms in total. The number of fused-ring (bicyclic) bond motifs is 1. The van der Waals surface area contributed by atoms with Gasteiger partial charge in [-0.3, -0.25) is 4.79 Å². The highest BCUT2D eigenvalue weighted by atomic mass is 16.5. The maximum absolute atomic E-state index is 12.8. The van der Waals surface area contributed by atoms with E-state index in [9.17, 15) is 4.79 Å². The summed E-state index contributed by atoms with van der Waals surface area (Å²) in [7, 11) is 3.28. The van der Waals surface area contributed by atoms with Crippen molar-refractivity contribution in [2.24, 2.45) is 0 Å². The van der Waals surface area contributed by atoms with Crippen LogP contribution in [0.5, 0.6) is 11.5 Å². The molecule has 0 saturated carbocycles. The molecule has 1 aromatic heterocycles. The summed E-state index contributed by atoms with van der Waals surface area (Å²) in [5.74, 6) is 1.30. The van der Waals surface area contributed by atoms with Gasteiger partial charge in [-0.25, -0.2) is 0 Å². The highest BCUT2D eigenvalue weighted by Gasteiger charge is 2.19. The lowest BCUT2D eigenvalue weighted by Crippen LogP contribution is -2.10. The van der Waals surface area contributed by atoms with Crippen molar-refractivity contribution < 1.29 is 18.7 Å². The number of anilines is 1. The van der Waals surface area contributed by atoms with Crippen LogP contribution in [0.15, 0.2) is 65.3 Å². The van der Waals surface area contributed by atoms with E-state index in [4.69, 9.17) is 13.9 Å². The standard InChI is InChI=1S/C29H29NO4/c1-17-7-12-26(19(3)13-17)30-27(31)14-18(2)23-15-24-25(21-8-10-22(32-5)11-9-21)16-34-29(24)20(4)28(23)33-6/h7-16H,1-6H3,(H,30,31)/b18-14+. The maximum atomic E-state index is 12.8. The number of amides is 1. The minimum atomic E-state index is -0.188. The van der Waals surface area contributed by atoms with Crippen LogP contribution in [0.25, 0.3) is 27.7 Å². The summed E-state index contributed by atoms with van der Waals surface area (Å²) in [5.41, 5.74) is 8.26. The van der Waals surface area contributed by atoms with Crippen molar-refractivity contribution in [1.82, 2.24) is 0 Å². The third-order valence-electron chi connectivity index (χ3n) is 6.06. The van der Waals surface area contributed by atoms with Crippen molar-refractivity contribution in [2.75, 3.05) is 19.5 Å². The molecule has 4 aromatic rings. The Bertz CT molecular complexity index is 1390. The number of nitrogens with one attached hydrogen (secondary N) is 1. The van der Waals surface area contributed by atoms with Gasteiger partial charge in [0.2, 0.25) is 5.91 Å². The highest BCUT2D eigenvalue weighted by Crippen LogP contribution is 2.40. The summed E-state index contributed by atoms with van der Waals surface area (Å²) >= 11 is 0. The van der Waals surface area contributed by atoms with Crippen LogP contribution in [0.3, 0.4) is 0 Å². The van der Waals surface area contributed by atoms with Crippen molar-refractivity contribution in [3.63, 3.8) is 0 Å². The number of carbonyl (C=O) groups excluding carboxylic acids is 1. The van der Waals surface area contributed by atoms with Crippen LogP contribution < -0.4 is 14.8 Å².